The van der Waals surface area contributed by atoms with Crippen molar-refractivity contribution in [1.29, 1.82) is 0 Å². The predicted molar refractivity (Wildman–Crippen MR) is 101 cm³/mol. The molecule has 2 N–H and O–H groups in total. The summed E-state index contributed by atoms with van der Waals surface area (Å²) in [6, 6.07) is 11.0. The van der Waals surface area contributed by atoms with Gasteiger partial charge in [-0.2, -0.15) is 0 Å². The largest absolute Gasteiger partial charge is 0.497 e. The second-order valence-corrected chi connectivity index (χ2v) is 5.93. The highest BCUT2D eigenvalue weighted by atomic mass is 16.5. The van der Waals surface area contributed by atoms with Crippen molar-refractivity contribution < 1.29 is 19.1 Å². The molecule has 0 unspecified atom stereocenters. The predicted octanol–water partition coefficient (Wildman–Crippen LogP) is 2.62. The molecule has 2 aromatic rings. The molecule has 0 atom stereocenters. The first-order valence-corrected chi connectivity index (χ1v) is 8.28. The molecule has 0 bridgehead atoms. The van der Waals surface area contributed by atoms with E-state index in [0.717, 1.165) is 22.4 Å². The summed E-state index contributed by atoms with van der Waals surface area (Å²) in [4.78, 5) is 24.2. The van der Waals surface area contributed by atoms with E-state index in [0.29, 0.717) is 11.5 Å². The van der Waals surface area contributed by atoms with Crippen LogP contribution in [0.25, 0.3) is 0 Å². The van der Waals surface area contributed by atoms with E-state index >= 15 is 0 Å². The third kappa shape index (κ3) is 4.99. The van der Waals surface area contributed by atoms with Crippen molar-refractivity contribution in [2.24, 2.45) is 0 Å². The number of rotatable bonds is 7. The molecule has 2 rings (SSSR count). The zero-order chi connectivity index (χ0) is 19.1. The fourth-order valence-corrected chi connectivity index (χ4v) is 2.49. The van der Waals surface area contributed by atoms with Gasteiger partial charge in [-0.3, -0.25) is 9.59 Å². The van der Waals surface area contributed by atoms with Crippen LogP contribution in [0.15, 0.2) is 36.4 Å². The van der Waals surface area contributed by atoms with Crippen LogP contribution in [-0.2, 0) is 16.0 Å². The van der Waals surface area contributed by atoms with Crippen LogP contribution in [0.4, 0.5) is 5.69 Å². The molecule has 138 valence electrons. The minimum atomic E-state index is -0.270. The Morgan fingerprint density at radius 1 is 1.00 bits per heavy atom. The van der Waals surface area contributed by atoms with Gasteiger partial charge >= 0.3 is 0 Å². The molecule has 0 saturated carbocycles. The summed E-state index contributed by atoms with van der Waals surface area (Å²) in [6.07, 6.45) is 0.115. The maximum absolute atomic E-state index is 12.1. The SMILES string of the molecule is COc1ccc(CC(=O)NCC(=O)Nc2cccc(C)c2C)c(OC)c1. The van der Waals surface area contributed by atoms with Crippen LogP contribution in [0, 0.1) is 13.8 Å². The van der Waals surface area contributed by atoms with Crippen LogP contribution in [0.3, 0.4) is 0 Å². The van der Waals surface area contributed by atoms with E-state index in [9.17, 15) is 9.59 Å². The van der Waals surface area contributed by atoms with Crippen LogP contribution >= 0.6 is 0 Å². The normalized spacial score (nSPS) is 10.2. The Kier molecular flexibility index (Phi) is 6.60. The van der Waals surface area contributed by atoms with Crippen LogP contribution in [0.5, 0.6) is 11.5 Å². The molecule has 0 saturated heterocycles. The van der Waals surface area contributed by atoms with Crippen molar-refractivity contribution in [1.82, 2.24) is 5.32 Å². The Bertz CT molecular complexity index is 802. The van der Waals surface area contributed by atoms with Crippen molar-refractivity contribution >= 4 is 17.5 Å². The molecule has 6 heteroatoms. The zero-order valence-corrected chi connectivity index (χ0v) is 15.5. The highest BCUT2D eigenvalue weighted by Crippen LogP contribution is 2.24. The summed E-state index contributed by atoms with van der Waals surface area (Å²) >= 11 is 0. The molecule has 0 aliphatic rings. The molecule has 0 aliphatic carbocycles. The molecule has 26 heavy (non-hydrogen) atoms. The Morgan fingerprint density at radius 2 is 1.77 bits per heavy atom. The average Bonchev–Trinajstić information content (AvgIpc) is 2.64. The number of hydrogen-bond acceptors (Lipinski definition) is 4. The maximum Gasteiger partial charge on any atom is 0.243 e. The first-order chi connectivity index (χ1) is 12.4. The van der Waals surface area contributed by atoms with E-state index in [-0.39, 0.29) is 24.8 Å². The summed E-state index contributed by atoms with van der Waals surface area (Å²) in [6.45, 7) is 3.83. The van der Waals surface area contributed by atoms with Gasteiger partial charge in [0.25, 0.3) is 0 Å². The molecule has 0 fully saturated rings. The van der Waals surface area contributed by atoms with Crippen LogP contribution in [-0.4, -0.2) is 32.6 Å². The van der Waals surface area contributed by atoms with Gasteiger partial charge in [-0.15, -0.1) is 0 Å². The third-order valence-corrected chi connectivity index (χ3v) is 4.17. The number of methoxy groups -OCH3 is 2. The lowest BCUT2D eigenvalue weighted by Crippen LogP contribution is -2.34. The van der Waals surface area contributed by atoms with Gasteiger partial charge < -0.3 is 20.1 Å². The van der Waals surface area contributed by atoms with Gasteiger partial charge in [0.15, 0.2) is 0 Å². The third-order valence-electron chi connectivity index (χ3n) is 4.17. The Hall–Kier alpha value is -3.02. The van der Waals surface area contributed by atoms with Crippen molar-refractivity contribution in [3.63, 3.8) is 0 Å². The quantitative estimate of drug-likeness (QED) is 0.800. The van der Waals surface area contributed by atoms with Crippen LogP contribution in [0.2, 0.25) is 0 Å². The highest BCUT2D eigenvalue weighted by Gasteiger charge is 2.12. The second-order valence-electron chi connectivity index (χ2n) is 5.93. The van der Waals surface area contributed by atoms with E-state index in [2.05, 4.69) is 10.6 Å². The molecule has 2 amide bonds. The summed E-state index contributed by atoms with van der Waals surface area (Å²) < 4.78 is 10.4. The van der Waals surface area contributed by atoms with Crippen LogP contribution in [0.1, 0.15) is 16.7 Å². The highest BCUT2D eigenvalue weighted by molar-refractivity contribution is 5.95. The standard InChI is InChI=1S/C20H24N2O4/c1-13-6-5-7-17(14(13)2)22-20(24)12-21-19(23)10-15-8-9-16(25-3)11-18(15)26-4/h5-9,11H,10,12H2,1-4H3,(H,21,23)(H,22,24). The summed E-state index contributed by atoms with van der Waals surface area (Å²) in [5.41, 5.74) is 3.58. The lowest BCUT2D eigenvalue weighted by molar-refractivity contribution is -0.123. The number of carbonyl (C=O) groups is 2. The molecular formula is C20H24N2O4. The molecule has 0 aromatic heterocycles. The lowest BCUT2D eigenvalue weighted by atomic mass is 10.1. The fourth-order valence-electron chi connectivity index (χ4n) is 2.49. The van der Waals surface area contributed by atoms with Gasteiger partial charge in [-0.1, -0.05) is 18.2 Å². The van der Waals surface area contributed by atoms with E-state index in [1.807, 2.05) is 32.0 Å². The van der Waals surface area contributed by atoms with Crippen LogP contribution < -0.4 is 20.1 Å². The molecule has 0 heterocycles. The lowest BCUT2D eigenvalue weighted by Gasteiger charge is -2.12. The smallest absolute Gasteiger partial charge is 0.243 e. The van der Waals surface area contributed by atoms with Gasteiger partial charge in [-0.05, 0) is 37.1 Å². The van der Waals surface area contributed by atoms with Crippen molar-refractivity contribution in [3.8, 4) is 11.5 Å². The Balaban J connectivity index is 1.90. The summed E-state index contributed by atoms with van der Waals surface area (Å²) in [5.74, 6) is 0.691. The van der Waals surface area contributed by atoms with Gasteiger partial charge in [0.2, 0.25) is 11.8 Å². The maximum atomic E-state index is 12.1. The molecule has 0 radical (unpaired) electrons. The van der Waals surface area contributed by atoms with E-state index in [4.69, 9.17) is 9.47 Å². The van der Waals surface area contributed by atoms with Gasteiger partial charge in [0, 0.05) is 17.3 Å². The van der Waals surface area contributed by atoms with Crippen molar-refractivity contribution in [2.75, 3.05) is 26.1 Å². The number of ether oxygens (including phenoxy) is 2. The Labute approximate surface area is 153 Å². The topological polar surface area (TPSA) is 76.7 Å². The minimum absolute atomic E-state index is 0.0926. The number of hydrogen-bond donors (Lipinski definition) is 2. The summed E-state index contributed by atoms with van der Waals surface area (Å²) in [5, 5.41) is 5.44. The molecule has 0 spiro atoms. The number of carbonyl (C=O) groups excluding carboxylic acids is 2. The summed E-state index contributed by atoms with van der Waals surface area (Å²) in [7, 11) is 3.10. The first-order valence-electron chi connectivity index (χ1n) is 8.28. The minimum Gasteiger partial charge on any atom is -0.497 e. The molecule has 0 aliphatic heterocycles. The van der Waals surface area contributed by atoms with Crippen molar-refractivity contribution in [3.05, 3.63) is 53.1 Å². The zero-order valence-electron chi connectivity index (χ0n) is 15.5. The number of aryl methyl sites for hydroxylation is 1. The fraction of sp³-hybridized carbons (Fsp3) is 0.300. The average molecular weight is 356 g/mol. The van der Waals surface area contributed by atoms with Gasteiger partial charge in [0.05, 0.1) is 27.2 Å². The molecular weight excluding hydrogens is 332 g/mol. The second kappa shape index (κ2) is 8.89. The monoisotopic (exact) mass is 356 g/mol. The first kappa shape index (κ1) is 19.3. The van der Waals surface area contributed by atoms with Gasteiger partial charge in [-0.25, -0.2) is 0 Å². The van der Waals surface area contributed by atoms with Crippen molar-refractivity contribution in [2.45, 2.75) is 20.3 Å². The number of amides is 2. The number of benzene rings is 2. The van der Waals surface area contributed by atoms with E-state index in [1.165, 1.54) is 7.11 Å². The molecule has 2 aromatic carbocycles. The van der Waals surface area contributed by atoms with E-state index < -0.39 is 0 Å². The number of anilines is 1. The van der Waals surface area contributed by atoms with Gasteiger partial charge in [0.1, 0.15) is 11.5 Å². The number of nitrogens with one attached hydrogen (secondary N) is 2. The Morgan fingerprint density at radius 3 is 2.46 bits per heavy atom. The van der Waals surface area contributed by atoms with E-state index in [1.54, 1.807) is 25.3 Å². The molecule has 6 nitrogen and oxygen atoms in total.